The first-order chi connectivity index (χ1) is 12.6. The first-order valence-corrected chi connectivity index (χ1v) is 8.79. The molecule has 0 saturated heterocycles. The van der Waals surface area contributed by atoms with E-state index in [2.05, 4.69) is 10.9 Å². The van der Waals surface area contributed by atoms with Gasteiger partial charge in [0.2, 0.25) is 0 Å². The summed E-state index contributed by atoms with van der Waals surface area (Å²) >= 11 is 0. The van der Waals surface area contributed by atoms with Gasteiger partial charge in [-0.1, -0.05) is 42.5 Å². The Bertz CT molecular complexity index is 702. The van der Waals surface area contributed by atoms with Crippen LogP contribution in [0.2, 0.25) is 0 Å². The number of nitrogens with one attached hydrogen (secondary N) is 2. The maximum absolute atomic E-state index is 12.1. The summed E-state index contributed by atoms with van der Waals surface area (Å²) in [6, 6.07) is 16.1. The Kier molecular flexibility index (Phi) is 7.79. The van der Waals surface area contributed by atoms with Gasteiger partial charge in [-0.05, 0) is 55.5 Å². The van der Waals surface area contributed by atoms with Crippen LogP contribution in [0.1, 0.15) is 34.3 Å². The van der Waals surface area contributed by atoms with Crippen molar-refractivity contribution >= 4 is 11.8 Å². The van der Waals surface area contributed by atoms with E-state index in [-0.39, 0.29) is 5.91 Å². The SMILES string of the molecule is NCCCCc1ccc(C(=O)NNC(=O)[C@H](N)Cc2ccccc2)cc1. The molecule has 0 unspecified atom stereocenters. The summed E-state index contributed by atoms with van der Waals surface area (Å²) in [5, 5.41) is 0. The Morgan fingerprint density at radius 3 is 2.23 bits per heavy atom. The van der Waals surface area contributed by atoms with Gasteiger partial charge >= 0.3 is 0 Å². The van der Waals surface area contributed by atoms with E-state index >= 15 is 0 Å². The molecule has 0 aliphatic rings. The summed E-state index contributed by atoms with van der Waals surface area (Å²) in [6.07, 6.45) is 3.35. The van der Waals surface area contributed by atoms with E-state index in [9.17, 15) is 9.59 Å². The maximum Gasteiger partial charge on any atom is 0.269 e. The molecule has 0 spiro atoms. The molecule has 0 aliphatic carbocycles. The van der Waals surface area contributed by atoms with E-state index in [1.807, 2.05) is 42.5 Å². The minimum absolute atomic E-state index is 0.376. The summed E-state index contributed by atoms with van der Waals surface area (Å²) < 4.78 is 0. The van der Waals surface area contributed by atoms with Crippen molar-refractivity contribution in [2.75, 3.05) is 6.54 Å². The third-order valence-electron chi connectivity index (χ3n) is 4.07. The fraction of sp³-hybridized carbons (Fsp3) is 0.300. The molecule has 2 aromatic rings. The quantitative estimate of drug-likeness (QED) is 0.423. The standard InChI is InChI=1S/C20H26N4O2/c21-13-5-4-6-15-9-11-17(12-10-15)19(25)23-24-20(26)18(22)14-16-7-2-1-3-8-16/h1-3,7-12,18H,4-6,13-14,21-22H2,(H,23,25)(H,24,26)/t18-/m1/s1. The third kappa shape index (κ3) is 6.31. The van der Waals surface area contributed by atoms with Crippen LogP contribution in [0.4, 0.5) is 0 Å². The van der Waals surface area contributed by atoms with E-state index < -0.39 is 11.9 Å². The average Bonchev–Trinajstić information content (AvgIpc) is 2.67. The van der Waals surface area contributed by atoms with Crippen molar-refractivity contribution in [3.63, 3.8) is 0 Å². The monoisotopic (exact) mass is 354 g/mol. The molecule has 0 heterocycles. The lowest BCUT2D eigenvalue weighted by molar-refractivity contribution is -0.123. The van der Waals surface area contributed by atoms with Crippen LogP contribution in [-0.2, 0) is 17.6 Å². The summed E-state index contributed by atoms with van der Waals surface area (Å²) in [7, 11) is 0. The van der Waals surface area contributed by atoms with Crippen LogP contribution < -0.4 is 22.3 Å². The zero-order chi connectivity index (χ0) is 18.8. The lowest BCUT2D eigenvalue weighted by atomic mass is 10.1. The number of carbonyl (C=O) groups excluding carboxylic acids is 2. The van der Waals surface area contributed by atoms with E-state index in [1.54, 1.807) is 12.1 Å². The first kappa shape index (κ1) is 19.6. The van der Waals surface area contributed by atoms with Gasteiger partial charge in [-0.25, -0.2) is 0 Å². The zero-order valence-electron chi connectivity index (χ0n) is 14.8. The van der Waals surface area contributed by atoms with Gasteiger partial charge in [-0.2, -0.15) is 0 Å². The Labute approximate surface area is 153 Å². The molecule has 6 N–H and O–H groups in total. The molecular formula is C20H26N4O2. The van der Waals surface area contributed by atoms with Crippen LogP contribution in [0.5, 0.6) is 0 Å². The van der Waals surface area contributed by atoms with Crippen LogP contribution in [0.15, 0.2) is 54.6 Å². The number of hydrogen-bond acceptors (Lipinski definition) is 4. The lowest BCUT2D eigenvalue weighted by Gasteiger charge is -2.13. The molecule has 0 bridgehead atoms. The molecular weight excluding hydrogens is 328 g/mol. The van der Waals surface area contributed by atoms with Crippen molar-refractivity contribution in [1.82, 2.24) is 10.9 Å². The van der Waals surface area contributed by atoms with Crippen LogP contribution in [0, 0.1) is 0 Å². The number of rotatable bonds is 8. The molecule has 2 amide bonds. The second-order valence-corrected chi connectivity index (χ2v) is 6.18. The predicted molar refractivity (Wildman–Crippen MR) is 102 cm³/mol. The highest BCUT2D eigenvalue weighted by Crippen LogP contribution is 2.08. The zero-order valence-corrected chi connectivity index (χ0v) is 14.8. The molecule has 2 rings (SSSR count). The molecule has 138 valence electrons. The molecule has 0 saturated carbocycles. The van der Waals surface area contributed by atoms with Gasteiger partial charge in [-0.3, -0.25) is 20.4 Å². The largest absolute Gasteiger partial charge is 0.330 e. The Balaban J connectivity index is 1.79. The van der Waals surface area contributed by atoms with Crippen molar-refractivity contribution in [2.45, 2.75) is 31.7 Å². The third-order valence-corrected chi connectivity index (χ3v) is 4.07. The summed E-state index contributed by atoms with van der Waals surface area (Å²) in [5.41, 5.74) is 18.7. The Morgan fingerprint density at radius 1 is 0.885 bits per heavy atom. The van der Waals surface area contributed by atoms with Gasteiger partial charge in [0.25, 0.3) is 11.8 Å². The van der Waals surface area contributed by atoms with Crippen molar-refractivity contribution in [1.29, 1.82) is 0 Å². The van der Waals surface area contributed by atoms with Crippen LogP contribution >= 0.6 is 0 Å². The minimum Gasteiger partial charge on any atom is -0.330 e. The molecule has 6 heteroatoms. The normalized spacial score (nSPS) is 11.6. The fourth-order valence-corrected chi connectivity index (χ4v) is 2.54. The van der Waals surface area contributed by atoms with Crippen molar-refractivity contribution in [2.24, 2.45) is 11.5 Å². The molecule has 1 atom stereocenters. The van der Waals surface area contributed by atoms with Gasteiger partial charge in [0.1, 0.15) is 0 Å². The minimum atomic E-state index is -0.734. The van der Waals surface area contributed by atoms with E-state index in [4.69, 9.17) is 11.5 Å². The van der Waals surface area contributed by atoms with E-state index in [1.165, 1.54) is 0 Å². The number of aryl methyl sites for hydroxylation is 1. The summed E-state index contributed by atoms with van der Waals surface area (Å²) in [5.74, 6) is -0.806. The van der Waals surface area contributed by atoms with Gasteiger partial charge in [-0.15, -0.1) is 0 Å². The average molecular weight is 354 g/mol. The Morgan fingerprint density at radius 2 is 1.58 bits per heavy atom. The first-order valence-electron chi connectivity index (χ1n) is 8.79. The number of hydrogen-bond donors (Lipinski definition) is 4. The molecule has 0 aliphatic heterocycles. The molecule has 6 nitrogen and oxygen atoms in total. The number of carbonyl (C=O) groups is 2. The van der Waals surface area contributed by atoms with Gasteiger partial charge in [0.15, 0.2) is 0 Å². The van der Waals surface area contributed by atoms with Crippen molar-refractivity contribution in [3.8, 4) is 0 Å². The topological polar surface area (TPSA) is 110 Å². The molecule has 2 aromatic carbocycles. The summed E-state index contributed by atoms with van der Waals surface area (Å²) in [6.45, 7) is 0.687. The highest BCUT2D eigenvalue weighted by Gasteiger charge is 2.15. The molecule has 0 fully saturated rings. The van der Waals surface area contributed by atoms with Gasteiger partial charge in [0, 0.05) is 5.56 Å². The fourth-order valence-electron chi connectivity index (χ4n) is 2.54. The second kappa shape index (κ2) is 10.3. The van der Waals surface area contributed by atoms with Crippen molar-refractivity contribution in [3.05, 3.63) is 71.3 Å². The van der Waals surface area contributed by atoms with E-state index in [0.29, 0.717) is 18.5 Å². The maximum atomic E-state index is 12.1. The number of nitrogens with two attached hydrogens (primary N) is 2. The number of amides is 2. The van der Waals surface area contributed by atoms with Gasteiger partial charge < -0.3 is 11.5 Å². The van der Waals surface area contributed by atoms with E-state index in [0.717, 1.165) is 30.4 Å². The second-order valence-electron chi connectivity index (χ2n) is 6.18. The highest BCUT2D eigenvalue weighted by molar-refractivity contribution is 5.95. The van der Waals surface area contributed by atoms with Crippen LogP contribution in [-0.4, -0.2) is 24.4 Å². The molecule has 26 heavy (non-hydrogen) atoms. The highest BCUT2D eigenvalue weighted by atomic mass is 16.2. The number of unbranched alkanes of at least 4 members (excludes halogenated alkanes) is 1. The Hall–Kier alpha value is -2.70. The smallest absolute Gasteiger partial charge is 0.269 e. The van der Waals surface area contributed by atoms with Crippen LogP contribution in [0.3, 0.4) is 0 Å². The predicted octanol–water partition coefficient (Wildman–Crippen LogP) is 1.30. The lowest BCUT2D eigenvalue weighted by Crippen LogP contribution is -2.50. The van der Waals surface area contributed by atoms with Crippen LogP contribution in [0.25, 0.3) is 0 Å². The van der Waals surface area contributed by atoms with Gasteiger partial charge in [0.05, 0.1) is 6.04 Å². The number of benzene rings is 2. The van der Waals surface area contributed by atoms with Crippen molar-refractivity contribution < 1.29 is 9.59 Å². The summed E-state index contributed by atoms with van der Waals surface area (Å²) in [4.78, 5) is 24.1. The number of hydrazine groups is 1. The molecule has 0 aromatic heterocycles. The molecule has 0 radical (unpaired) electrons.